The summed E-state index contributed by atoms with van der Waals surface area (Å²) in [5.74, 6) is 0.0203. The zero-order chi connectivity index (χ0) is 13.9. The van der Waals surface area contributed by atoms with E-state index in [2.05, 4.69) is 9.88 Å². The van der Waals surface area contributed by atoms with E-state index >= 15 is 0 Å². The fourth-order valence-electron chi connectivity index (χ4n) is 3.38. The summed E-state index contributed by atoms with van der Waals surface area (Å²) in [6, 6.07) is 2.27. The Kier molecular flexibility index (Phi) is 4.17. The van der Waals surface area contributed by atoms with Crippen molar-refractivity contribution in [3.63, 3.8) is 0 Å². The molecule has 0 unspecified atom stereocenters. The van der Waals surface area contributed by atoms with Crippen LogP contribution in [0.25, 0.3) is 0 Å². The molecule has 2 heterocycles. The minimum atomic E-state index is -0.371. The number of anilines is 1. The highest BCUT2D eigenvalue weighted by Gasteiger charge is 2.27. The lowest BCUT2D eigenvalue weighted by Crippen LogP contribution is -2.50. The third-order valence-electron chi connectivity index (χ3n) is 4.58. The van der Waals surface area contributed by atoms with Crippen molar-refractivity contribution in [2.75, 3.05) is 31.1 Å². The Morgan fingerprint density at radius 1 is 1.20 bits per heavy atom. The molecular weight excluding hydrogens is 257 g/mol. The molecule has 1 aliphatic heterocycles. The molecule has 0 radical (unpaired) electrons. The molecule has 0 spiro atoms. The van der Waals surface area contributed by atoms with E-state index in [-0.39, 0.29) is 12.4 Å². The average Bonchev–Trinajstić information content (AvgIpc) is 3.02. The van der Waals surface area contributed by atoms with Crippen molar-refractivity contribution in [1.82, 2.24) is 9.88 Å². The topological polar surface area (TPSA) is 39.6 Å². The summed E-state index contributed by atoms with van der Waals surface area (Å²) in [5.41, 5.74) is 0.327. The van der Waals surface area contributed by atoms with Gasteiger partial charge in [0.1, 0.15) is 0 Å². The lowest BCUT2D eigenvalue weighted by Gasteiger charge is -2.38. The van der Waals surface area contributed by atoms with Crippen molar-refractivity contribution in [3.8, 4) is 0 Å². The molecule has 2 aliphatic rings. The summed E-state index contributed by atoms with van der Waals surface area (Å²) in [6.07, 6.45) is 6.89. The van der Waals surface area contributed by atoms with E-state index in [1.807, 2.05) is 4.90 Å². The van der Waals surface area contributed by atoms with Crippen LogP contribution in [-0.4, -0.2) is 47.2 Å². The molecule has 3 rings (SSSR count). The van der Waals surface area contributed by atoms with Crippen LogP contribution in [0.2, 0.25) is 0 Å². The van der Waals surface area contributed by atoms with Gasteiger partial charge in [0, 0.05) is 44.0 Å². The molecule has 110 valence electrons. The number of nitrogens with zero attached hydrogens (tertiary/aromatic N) is 3. The Labute approximate surface area is 119 Å². The number of hydrogen-bond donors (Lipinski definition) is 1. The van der Waals surface area contributed by atoms with Crippen LogP contribution >= 0.6 is 0 Å². The van der Waals surface area contributed by atoms with Gasteiger partial charge >= 0.3 is 0 Å². The maximum absolute atomic E-state index is 14.2. The molecule has 1 aromatic rings. The third kappa shape index (κ3) is 2.65. The van der Waals surface area contributed by atoms with Gasteiger partial charge in [-0.15, -0.1) is 0 Å². The van der Waals surface area contributed by atoms with Gasteiger partial charge in [-0.25, -0.2) is 9.37 Å². The van der Waals surface area contributed by atoms with E-state index < -0.39 is 0 Å². The van der Waals surface area contributed by atoms with Crippen molar-refractivity contribution < 1.29 is 9.50 Å². The van der Waals surface area contributed by atoms with Crippen molar-refractivity contribution >= 4 is 5.82 Å². The normalized spacial score (nSPS) is 21.6. The molecule has 1 saturated carbocycles. The van der Waals surface area contributed by atoms with Crippen LogP contribution < -0.4 is 4.90 Å². The molecule has 0 aromatic carbocycles. The van der Waals surface area contributed by atoms with Gasteiger partial charge in [-0.3, -0.25) is 4.90 Å². The zero-order valence-electron chi connectivity index (χ0n) is 11.8. The molecule has 0 amide bonds. The molecule has 2 fully saturated rings. The van der Waals surface area contributed by atoms with Crippen LogP contribution in [0.3, 0.4) is 0 Å². The van der Waals surface area contributed by atoms with E-state index in [4.69, 9.17) is 5.11 Å². The van der Waals surface area contributed by atoms with Gasteiger partial charge in [0.25, 0.3) is 0 Å². The van der Waals surface area contributed by atoms with E-state index in [0.29, 0.717) is 11.4 Å². The molecule has 4 nitrogen and oxygen atoms in total. The molecule has 1 aliphatic carbocycles. The predicted octanol–water partition coefficient (Wildman–Crippen LogP) is 1.78. The highest BCUT2D eigenvalue weighted by Crippen LogP contribution is 2.26. The fourth-order valence-corrected chi connectivity index (χ4v) is 3.38. The number of pyridine rings is 1. The van der Waals surface area contributed by atoms with Crippen molar-refractivity contribution in [1.29, 1.82) is 0 Å². The standard InChI is InChI=1S/C15H22FN3O/c16-14-12(11-20)5-6-17-15(14)19-9-7-18(8-10-19)13-3-1-2-4-13/h5-6,13,20H,1-4,7-11H2. The van der Waals surface area contributed by atoms with Crippen LogP contribution in [0, 0.1) is 5.82 Å². The van der Waals surface area contributed by atoms with Crippen molar-refractivity contribution in [3.05, 3.63) is 23.6 Å². The average molecular weight is 279 g/mol. The lowest BCUT2D eigenvalue weighted by atomic mass is 10.1. The van der Waals surface area contributed by atoms with E-state index in [0.717, 1.165) is 32.2 Å². The molecule has 1 N–H and O–H groups in total. The number of aromatic nitrogens is 1. The first-order valence-electron chi connectivity index (χ1n) is 7.53. The molecule has 5 heteroatoms. The Hall–Kier alpha value is -1.20. The van der Waals surface area contributed by atoms with Gasteiger partial charge in [-0.05, 0) is 18.9 Å². The van der Waals surface area contributed by atoms with E-state index in [9.17, 15) is 4.39 Å². The van der Waals surface area contributed by atoms with E-state index in [1.54, 1.807) is 6.20 Å². The summed E-state index contributed by atoms with van der Waals surface area (Å²) in [6.45, 7) is 3.32. The number of aliphatic hydroxyl groups is 1. The summed E-state index contributed by atoms with van der Waals surface area (Å²) in [5, 5.41) is 9.13. The SMILES string of the molecule is OCc1ccnc(N2CCN(C3CCCC3)CC2)c1F. The summed E-state index contributed by atoms with van der Waals surface area (Å²) in [4.78, 5) is 8.69. The van der Waals surface area contributed by atoms with Gasteiger partial charge in [0.15, 0.2) is 11.6 Å². The van der Waals surface area contributed by atoms with Gasteiger partial charge in [-0.1, -0.05) is 12.8 Å². The number of halogens is 1. The van der Waals surface area contributed by atoms with Crippen LogP contribution in [0.4, 0.5) is 10.2 Å². The molecule has 0 atom stereocenters. The van der Waals surface area contributed by atoms with Gasteiger partial charge < -0.3 is 10.0 Å². The zero-order valence-corrected chi connectivity index (χ0v) is 11.8. The van der Waals surface area contributed by atoms with Crippen LogP contribution in [-0.2, 0) is 6.61 Å². The second-order valence-corrected chi connectivity index (χ2v) is 5.73. The number of hydrogen-bond acceptors (Lipinski definition) is 4. The Balaban J connectivity index is 1.65. The maximum atomic E-state index is 14.2. The first-order chi connectivity index (χ1) is 9.79. The van der Waals surface area contributed by atoms with Crippen LogP contribution in [0.1, 0.15) is 31.2 Å². The fraction of sp³-hybridized carbons (Fsp3) is 0.667. The van der Waals surface area contributed by atoms with Crippen molar-refractivity contribution in [2.24, 2.45) is 0 Å². The Morgan fingerprint density at radius 3 is 2.55 bits per heavy atom. The highest BCUT2D eigenvalue weighted by molar-refractivity contribution is 5.43. The lowest BCUT2D eigenvalue weighted by molar-refractivity contribution is 0.186. The third-order valence-corrected chi connectivity index (χ3v) is 4.58. The molecule has 0 bridgehead atoms. The highest BCUT2D eigenvalue weighted by atomic mass is 19.1. The van der Waals surface area contributed by atoms with Crippen LogP contribution in [0.15, 0.2) is 12.3 Å². The first kappa shape index (κ1) is 13.8. The van der Waals surface area contributed by atoms with Gasteiger partial charge in [0.2, 0.25) is 0 Å². The Bertz CT molecular complexity index is 454. The number of aliphatic hydroxyl groups excluding tert-OH is 1. The largest absolute Gasteiger partial charge is 0.392 e. The maximum Gasteiger partial charge on any atom is 0.171 e. The van der Waals surface area contributed by atoms with Gasteiger partial charge in [0.05, 0.1) is 6.61 Å². The first-order valence-corrected chi connectivity index (χ1v) is 7.53. The van der Waals surface area contributed by atoms with E-state index in [1.165, 1.54) is 31.7 Å². The predicted molar refractivity (Wildman–Crippen MR) is 76.2 cm³/mol. The summed E-state index contributed by atoms with van der Waals surface area (Å²) in [7, 11) is 0. The summed E-state index contributed by atoms with van der Waals surface area (Å²) >= 11 is 0. The number of rotatable bonds is 3. The second kappa shape index (κ2) is 6.06. The molecule has 20 heavy (non-hydrogen) atoms. The van der Waals surface area contributed by atoms with Crippen molar-refractivity contribution in [2.45, 2.75) is 38.3 Å². The minimum absolute atomic E-state index is 0.274. The smallest absolute Gasteiger partial charge is 0.171 e. The second-order valence-electron chi connectivity index (χ2n) is 5.73. The molecule has 1 aromatic heterocycles. The Morgan fingerprint density at radius 2 is 1.90 bits per heavy atom. The number of piperazine rings is 1. The monoisotopic (exact) mass is 279 g/mol. The minimum Gasteiger partial charge on any atom is -0.392 e. The molecule has 1 saturated heterocycles. The molecular formula is C15H22FN3O. The van der Waals surface area contributed by atoms with Gasteiger partial charge in [-0.2, -0.15) is 0 Å². The quantitative estimate of drug-likeness (QED) is 0.915. The summed E-state index contributed by atoms with van der Waals surface area (Å²) < 4.78 is 14.2. The van der Waals surface area contributed by atoms with Crippen LogP contribution in [0.5, 0.6) is 0 Å².